The predicted octanol–water partition coefficient (Wildman–Crippen LogP) is 1.54. The van der Waals surface area contributed by atoms with Crippen LogP contribution in [0.4, 0.5) is 4.39 Å². The highest BCUT2D eigenvalue weighted by Crippen LogP contribution is 2.37. The molecule has 0 aromatic carbocycles. The van der Waals surface area contributed by atoms with Crippen LogP contribution in [0.1, 0.15) is 25.7 Å². The van der Waals surface area contributed by atoms with Crippen molar-refractivity contribution in [3.8, 4) is 12.3 Å². The summed E-state index contributed by atoms with van der Waals surface area (Å²) in [6.07, 6.45) is 7.00. The normalized spacial score (nSPS) is 24.0. The summed E-state index contributed by atoms with van der Waals surface area (Å²) >= 11 is 0. The number of morpholine rings is 1. The van der Waals surface area contributed by atoms with Gasteiger partial charge < -0.3 is 9.64 Å². The first kappa shape index (κ1) is 13.9. The van der Waals surface area contributed by atoms with Gasteiger partial charge in [0.05, 0.1) is 6.61 Å². The van der Waals surface area contributed by atoms with E-state index in [9.17, 15) is 9.18 Å². The molecule has 1 atom stereocenters. The standard InChI is InChI=1S/C13H18FN3O2/c1-2-3-5-13(15-16-13)6-4-12(18)17-7-8-19-11(9-14)10-17/h1,11H,3-10H2. The van der Waals surface area contributed by atoms with Crippen LogP contribution >= 0.6 is 0 Å². The molecule has 2 rings (SSSR count). The Hall–Kier alpha value is -1.48. The maximum atomic E-state index is 12.5. The number of ether oxygens (including phenoxy) is 1. The molecular formula is C13H18FN3O2. The molecular weight excluding hydrogens is 249 g/mol. The van der Waals surface area contributed by atoms with E-state index in [-0.39, 0.29) is 5.91 Å². The first-order valence-corrected chi connectivity index (χ1v) is 6.52. The number of rotatable bonds is 6. The fourth-order valence-corrected chi connectivity index (χ4v) is 2.17. The molecule has 104 valence electrons. The van der Waals surface area contributed by atoms with Crippen molar-refractivity contribution in [2.24, 2.45) is 10.2 Å². The Labute approximate surface area is 112 Å². The Kier molecular flexibility index (Phi) is 4.48. The van der Waals surface area contributed by atoms with E-state index in [0.717, 1.165) is 0 Å². The van der Waals surface area contributed by atoms with Crippen LogP contribution in [-0.2, 0) is 9.53 Å². The average Bonchev–Trinajstić information content (AvgIpc) is 3.23. The number of amides is 1. The molecule has 0 aromatic heterocycles. The summed E-state index contributed by atoms with van der Waals surface area (Å²) in [4.78, 5) is 13.7. The monoisotopic (exact) mass is 267 g/mol. The molecule has 19 heavy (non-hydrogen) atoms. The molecule has 0 aromatic rings. The van der Waals surface area contributed by atoms with Crippen molar-refractivity contribution >= 4 is 5.91 Å². The molecule has 2 aliphatic heterocycles. The quantitative estimate of drug-likeness (QED) is 0.685. The zero-order valence-corrected chi connectivity index (χ0v) is 10.8. The molecule has 2 aliphatic rings. The van der Waals surface area contributed by atoms with Gasteiger partial charge in [0.2, 0.25) is 5.91 Å². The van der Waals surface area contributed by atoms with Crippen LogP contribution in [0.25, 0.3) is 0 Å². The van der Waals surface area contributed by atoms with Crippen LogP contribution in [0.5, 0.6) is 0 Å². The Morgan fingerprint density at radius 3 is 2.95 bits per heavy atom. The summed E-state index contributed by atoms with van der Waals surface area (Å²) in [6, 6.07) is 0. The van der Waals surface area contributed by atoms with E-state index in [0.29, 0.717) is 45.4 Å². The summed E-state index contributed by atoms with van der Waals surface area (Å²) in [5.74, 6) is 2.57. The first-order chi connectivity index (χ1) is 9.19. The van der Waals surface area contributed by atoms with Crippen LogP contribution in [-0.4, -0.2) is 48.9 Å². The van der Waals surface area contributed by atoms with Gasteiger partial charge in [0, 0.05) is 38.8 Å². The van der Waals surface area contributed by atoms with Crippen molar-refractivity contribution in [1.29, 1.82) is 0 Å². The number of hydrogen-bond donors (Lipinski definition) is 0. The second-order valence-electron chi connectivity index (χ2n) is 4.87. The van der Waals surface area contributed by atoms with E-state index in [1.54, 1.807) is 4.90 Å². The van der Waals surface area contributed by atoms with Crippen molar-refractivity contribution in [3.05, 3.63) is 0 Å². The molecule has 2 heterocycles. The summed E-state index contributed by atoms with van der Waals surface area (Å²) < 4.78 is 17.7. The maximum absolute atomic E-state index is 12.5. The number of nitrogens with zero attached hydrogens (tertiary/aromatic N) is 3. The van der Waals surface area contributed by atoms with E-state index in [1.807, 2.05) is 0 Å². The van der Waals surface area contributed by atoms with Gasteiger partial charge in [-0.05, 0) is 0 Å². The number of terminal acetylenes is 1. The zero-order chi connectivity index (χ0) is 13.7. The Bertz CT molecular complexity index is 399. The fourth-order valence-electron chi connectivity index (χ4n) is 2.17. The van der Waals surface area contributed by atoms with Crippen molar-refractivity contribution in [1.82, 2.24) is 4.90 Å². The SMILES string of the molecule is C#CCCC1(CCC(=O)N2CCOC(CF)C2)N=N1. The minimum absolute atomic E-state index is 0.0131. The second kappa shape index (κ2) is 6.11. The van der Waals surface area contributed by atoms with Gasteiger partial charge in [-0.25, -0.2) is 4.39 Å². The summed E-state index contributed by atoms with van der Waals surface area (Å²) in [5.41, 5.74) is -0.423. The Morgan fingerprint density at radius 2 is 2.32 bits per heavy atom. The molecule has 0 saturated carbocycles. The summed E-state index contributed by atoms with van der Waals surface area (Å²) in [6.45, 7) is 0.708. The highest BCUT2D eigenvalue weighted by molar-refractivity contribution is 5.76. The van der Waals surface area contributed by atoms with Crippen LogP contribution in [0.2, 0.25) is 0 Å². The predicted molar refractivity (Wildman–Crippen MR) is 67.2 cm³/mol. The minimum Gasteiger partial charge on any atom is -0.372 e. The third-order valence-electron chi connectivity index (χ3n) is 3.46. The van der Waals surface area contributed by atoms with Gasteiger partial charge in [-0.15, -0.1) is 12.3 Å². The average molecular weight is 267 g/mol. The highest BCUT2D eigenvalue weighted by Gasteiger charge is 2.39. The first-order valence-electron chi connectivity index (χ1n) is 6.52. The topological polar surface area (TPSA) is 54.3 Å². The Morgan fingerprint density at radius 1 is 1.53 bits per heavy atom. The summed E-state index contributed by atoms with van der Waals surface area (Å²) in [5, 5.41) is 7.99. The van der Waals surface area contributed by atoms with E-state index in [1.165, 1.54) is 0 Å². The molecule has 0 spiro atoms. The summed E-state index contributed by atoms with van der Waals surface area (Å²) in [7, 11) is 0. The minimum atomic E-state index is -0.555. The van der Waals surface area contributed by atoms with Gasteiger partial charge in [0.25, 0.3) is 0 Å². The van der Waals surface area contributed by atoms with Gasteiger partial charge in [0.15, 0.2) is 5.66 Å². The lowest BCUT2D eigenvalue weighted by atomic mass is 10.0. The van der Waals surface area contributed by atoms with E-state index < -0.39 is 18.4 Å². The van der Waals surface area contributed by atoms with Crippen LogP contribution < -0.4 is 0 Å². The number of alkyl halides is 1. The van der Waals surface area contributed by atoms with Crippen molar-refractivity contribution in [2.75, 3.05) is 26.4 Å². The third kappa shape index (κ3) is 3.74. The van der Waals surface area contributed by atoms with E-state index >= 15 is 0 Å². The van der Waals surface area contributed by atoms with Gasteiger partial charge in [-0.3, -0.25) is 4.79 Å². The van der Waals surface area contributed by atoms with Gasteiger partial charge >= 0.3 is 0 Å². The highest BCUT2D eigenvalue weighted by atomic mass is 19.1. The molecule has 0 bridgehead atoms. The van der Waals surface area contributed by atoms with Crippen LogP contribution in [0.15, 0.2) is 10.2 Å². The van der Waals surface area contributed by atoms with Gasteiger partial charge in [0.1, 0.15) is 12.8 Å². The largest absolute Gasteiger partial charge is 0.372 e. The lowest BCUT2D eigenvalue weighted by Gasteiger charge is -2.31. The fraction of sp³-hybridized carbons (Fsp3) is 0.769. The molecule has 0 N–H and O–H groups in total. The van der Waals surface area contributed by atoms with Crippen LogP contribution in [0, 0.1) is 12.3 Å². The molecule has 0 aliphatic carbocycles. The van der Waals surface area contributed by atoms with E-state index in [2.05, 4.69) is 16.1 Å². The van der Waals surface area contributed by atoms with Crippen molar-refractivity contribution in [3.63, 3.8) is 0 Å². The number of carbonyl (C=O) groups is 1. The molecule has 1 saturated heterocycles. The number of carbonyl (C=O) groups excluding carboxylic acids is 1. The zero-order valence-electron chi connectivity index (χ0n) is 10.8. The number of halogens is 1. The van der Waals surface area contributed by atoms with Crippen LogP contribution in [0.3, 0.4) is 0 Å². The molecule has 5 nitrogen and oxygen atoms in total. The van der Waals surface area contributed by atoms with Gasteiger partial charge in [-0.1, -0.05) is 0 Å². The van der Waals surface area contributed by atoms with Crippen molar-refractivity contribution in [2.45, 2.75) is 37.5 Å². The molecule has 0 radical (unpaired) electrons. The number of hydrogen-bond acceptors (Lipinski definition) is 4. The second-order valence-corrected chi connectivity index (χ2v) is 4.87. The van der Waals surface area contributed by atoms with Gasteiger partial charge in [-0.2, -0.15) is 10.2 Å². The molecule has 1 unspecified atom stereocenters. The maximum Gasteiger partial charge on any atom is 0.222 e. The molecule has 6 heteroatoms. The third-order valence-corrected chi connectivity index (χ3v) is 3.46. The van der Waals surface area contributed by atoms with Crippen molar-refractivity contribution < 1.29 is 13.9 Å². The lowest BCUT2D eigenvalue weighted by molar-refractivity contribution is -0.139. The lowest BCUT2D eigenvalue weighted by Crippen LogP contribution is -2.46. The smallest absolute Gasteiger partial charge is 0.222 e. The van der Waals surface area contributed by atoms with E-state index in [4.69, 9.17) is 11.2 Å². The molecule has 1 amide bonds. The molecule has 1 fully saturated rings. The Balaban J connectivity index is 1.74.